The minimum Gasteiger partial charge on any atom is -0.386 e. The minimum atomic E-state index is -3.26. The van der Waals surface area contributed by atoms with Crippen LogP contribution in [0.4, 0.5) is 20.3 Å². The molecule has 172 valence electrons. The highest BCUT2D eigenvalue weighted by Crippen LogP contribution is 2.59. The molecule has 0 fully saturated rings. The minimum absolute atomic E-state index is 0.00213. The Morgan fingerprint density at radius 1 is 1.12 bits per heavy atom. The van der Waals surface area contributed by atoms with Crippen molar-refractivity contribution in [1.29, 1.82) is 5.26 Å². The number of aliphatic imine (C=N–C) groups is 1. The van der Waals surface area contributed by atoms with E-state index in [-0.39, 0.29) is 45.1 Å². The van der Waals surface area contributed by atoms with Gasteiger partial charge in [0.25, 0.3) is 0 Å². The van der Waals surface area contributed by atoms with E-state index in [4.69, 9.17) is 11.0 Å². The van der Waals surface area contributed by atoms with Crippen molar-refractivity contribution >= 4 is 38.8 Å². The van der Waals surface area contributed by atoms with E-state index in [1.165, 1.54) is 24.5 Å². The third-order valence-electron chi connectivity index (χ3n) is 5.77. The average molecular weight is 474 g/mol. The summed E-state index contributed by atoms with van der Waals surface area (Å²) in [4.78, 5) is 16.3. The van der Waals surface area contributed by atoms with Crippen LogP contribution in [-0.4, -0.2) is 40.4 Å². The van der Waals surface area contributed by atoms with Crippen LogP contribution in [0.1, 0.15) is 31.9 Å². The third-order valence-corrected chi connectivity index (χ3v) is 8.58. The van der Waals surface area contributed by atoms with Crippen LogP contribution >= 0.6 is 10.6 Å². The normalized spacial score (nSPS) is 22.3. The Hall–Kier alpha value is -3.40. The predicted molar refractivity (Wildman–Crippen MR) is 122 cm³/mol. The van der Waals surface area contributed by atoms with Crippen LogP contribution in [0.25, 0.3) is 10.9 Å². The van der Waals surface area contributed by atoms with Gasteiger partial charge in [-0.3, -0.25) is 19.1 Å². The molecule has 1 atom stereocenters. The van der Waals surface area contributed by atoms with Crippen LogP contribution in [0.5, 0.6) is 0 Å². The molecule has 4 heterocycles. The number of hydrogen-bond acceptors (Lipinski definition) is 9. The molecule has 4 rings (SSSR count). The summed E-state index contributed by atoms with van der Waals surface area (Å²) < 4.78 is 49.3. The van der Waals surface area contributed by atoms with Crippen molar-refractivity contribution < 1.29 is 17.9 Å². The van der Waals surface area contributed by atoms with Gasteiger partial charge in [0.1, 0.15) is 27.7 Å². The fraction of sp³-hybridized carbons (Fsp3) is 0.286. The first kappa shape index (κ1) is 22.8. The number of halogens is 2. The van der Waals surface area contributed by atoms with E-state index >= 15 is 0 Å². The fourth-order valence-electron chi connectivity index (χ4n) is 3.58. The molecule has 0 saturated carbocycles. The van der Waals surface area contributed by atoms with Gasteiger partial charge in [-0.2, -0.15) is 20.2 Å². The standard InChI is InChI=1S/C21H21F2N7O2S/c1-20(2)19(25)30-21(3,10-33(20,31)32)14-5-12(8-27-17(14)23)29-18-16-13(15(22)9-28-18)4-11(6-24)7-26-16/h4-5,7-9,31-32H,10H2,1-3H3,(H2,25,30)(H,28,29)/t21-/m0/s1. The summed E-state index contributed by atoms with van der Waals surface area (Å²) in [5.74, 6) is -1.57. The van der Waals surface area contributed by atoms with Gasteiger partial charge in [-0.05, 0) is 32.9 Å². The van der Waals surface area contributed by atoms with Gasteiger partial charge in [-0.1, -0.05) is 0 Å². The van der Waals surface area contributed by atoms with E-state index in [2.05, 4.69) is 25.3 Å². The molecule has 0 aliphatic carbocycles. The van der Waals surface area contributed by atoms with Gasteiger partial charge >= 0.3 is 0 Å². The lowest BCUT2D eigenvalue weighted by Crippen LogP contribution is -2.52. The Labute approximate surface area is 189 Å². The summed E-state index contributed by atoms with van der Waals surface area (Å²) in [5.41, 5.74) is 5.28. The zero-order valence-corrected chi connectivity index (χ0v) is 18.8. The van der Waals surface area contributed by atoms with E-state index in [1.807, 2.05) is 6.07 Å². The molecule has 3 aromatic rings. The monoisotopic (exact) mass is 473 g/mol. The van der Waals surface area contributed by atoms with Crippen LogP contribution in [0, 0.1) is 23.1 Å². The number of amidine groups is 1. The Morgan fingerprint density at radius 3 is 2.52 bits per heavy atom. The van der Waals surface area contributed by atoms with Gasteiger partial charge in [0.15, 0.2) is 11.6 Å². The molecular weight excluding hydrogens is 452 g/mol. The molecule has 3 aromatic heterocycles. The topological polar surface area (TPSA) is 153 Å². The van der Waals surface area contributed by atoms with Crippen molar-refractivity contribution in [3.63, 3.8) is 0 Å². The Balaban J connectivity index is 1.78. The average Bonchev–Trinajstić information content (AvgIpc) is 2.75. The highest BCUT2D eigenvalue weighted by Gasteiger charge is 2.49. The molecule has 0 unspecified atom stereocenters. The van der Waals surface area contributed by atoms with Gasteiger partial charge in [0.2, 0.25) is 5.95 Å². The van der Waals surface area contributed by atoms with Crippen molar-refractivity contribution in [2.45, 2.75) is 31.1 Å². The molecule has 1 aliphatic heterocycles. The molecule has 0 aromatic carbocycles. The summed E-state index contributed by atoms with van der Waals surface area (Å²) >= 11 is 0. The maximum Gasteiger partial charge on any atom is 0.218 e. The lowest BCUT2D eigenvalue weighted by atomic mass is 9.94. The van der Waals surface area contributed by atoms with E-state index in [0.29, 0.717) is 0 Å². The molecule has 33 heavy (non-hydrogen) atoms. The molecule has 1 aliphatic rings. The van der Waals surface area contributed by atoms with E-state index in [1.54, 1.807) is 20.8 Å². The van der Waals surface area contributed by atoms with Crippen molar-refractivity contribution in [1.82, 2.24) is 15.0 Å². The summed E-state index contributed by atoms with van der Waals surface area (Å²) in [6.07, 6.45) is 3.48. The second-order valence-electron chi connectivity index (χ2n) is 8.47. The summed E-state index contributed by atoms with van der Waals surface area (Å²) in [7, 11) is -3.26. The number of nitriles is 1. The summed E-state index contributed by atoms with van der Waals surface area (Å²) in [5, 5.41) is 12.1. The van der Waals surface area contributed by atoms with E-state index < -0.39 is 32.6 Å². The quantitative estimate of drug-likeness (QED) is 0.416. The number of anilines is 2. The predicted octanol–water partition coefficient (Wildman–Crippen LogP) is 4.03. The molecule has 0 saturated heterocycles. The van der Waals surface area contributed by atoms with Gasteiger partial charge in [-0.15, -0.1) is 0 Å². The second kappa shape index (κ2) is 7.58. The number of nitrogens with two attached hydrogens (primary N) is 1. The Morgan fingerprint density at radius 2 is 1.85 bits per heavy atom. The number of nitrogens with zero attached hydrogens (tertiary/aromatic N) is 5. The Kier molecular flexibility index (Phi) is 5.24. The molecular formula is C21H21F2N7O2S. The highest BCUT2D eigenvalue weighted by atomic mass is 32.3. The molecule has 12 heteroatoms. The second-order valence-corrected chi connectivity index (χ2v) is 11.1. The molecule has 9 nitrogen and oxygen atoms in total. The lowest BCUT2D eigenvalue weighted by Gasteiger charge is -2.53. The Bertz CT molecular complexity index is 1360. The zero-order chi connectivity index (χ0) is 24.2. The first-order chi connectivity index (χ1) is 15.4. The maximum absolute atomic E-state index is 14.8. The number of rotatable bonds is 3. The zero-order valence-electron chi connectivity index (χ0n) is 18.0. The lowest BCUT2D eigenvalue weighted by molar-refractivity contribution is 0.413. The molecule has 0 bridgehead atoms. The maximum atomic E-state index is 14.8. The number of nitrogens with one attached hydrogen (secondary N) is 1. The van der Waals surface area contributed by atoms with Gasteiger partial charge < -0.3 is 11.1 Å². The van der Waals surface area contributed by atoms with E-state index in [9.17, 15) is 17.9 Å². The van der Waals surface area contributed by atoms with Crippen molar-refractivity contribution in [3.05, 3.63) is 53.6 Å². The van der Waals surface area contributed by atoms with E-state index in [0.717, 1.165) is 6.20 Å². The van der Waals surface area contributed by atoms with Crippen LogP contribution in [-0.2, 0) is 5.54 Å². The van der Waals surface area contributed by atoms with Crippen LogP contribution < -0.4 is 11.1 Å². The first-order valence-corrected chi connectivity index (χ1v) is 11.5. The van der Waals surface area contributed by atoms with Crippen molar-refractivity contribution in [2.24, 2.45) is 10.7 Å². The smallest absolute Gasteiger partial charge is 0.218 e. The SMILES string of the molecule is CC1(C)C(N)=N[C@](C)(c2cc(Nc3ncc(F)c4cc(C#N)cnc34)cnc2F)CS1(O)O. The first-order valence-electron chi connectivity index (χ1n) is 9.77. The van der Waals surface area contributed by atoms with Gasteiger partial charge in [0, 0.05) is 17.1 Å². The van der Waals surface area contributed by atoms with Crippen LogP contribution in [0.15, 0.2) is 35.7 Å². The number of aromatic nitrogens is 3. The largest absolute Gasteiger partial charge is 0.386 e. The number of fused-ring (bicyclic) bond motifs is 1. The van der Waals surface area contributed by atoms with Gasteiger partial charge in [-0.25, -0.2) is 14.4 Å². The molecule has 5 N–H and O–H groups in total. The summed E-state index contributed by atoms with van der Waals surface area (Å²) in [6, 6.07) is 4.67. The number of hydrogen-bond donors (Lipinski definition) is 4. The number of pyridine rings is 3. The van der Waals surface area contributed by atoms with Crippen molar-refractivity contribution in [3.8, 4) is 6.07 Å². The van der Waals surface area contributed by atoms with Gasteiger partial charge in [0.05, 0.1) is 29.4 Å². The molecule has 0 amide bonds. The fourth-order valence-corrected chi connectivity index (χ4v) is 5.33. The van der Waals surface area contributed by atoms with Crippen LogP contribution in [0.3, 0.4) is 0 Å². The molecule has 0 spiro atoms. The molecule has 0 radical (unpaired) electrons. The third kappa shape index (κ3) is 3.74. The highest BCUT2D eigenvalue weighted by molar-refractivity contribution is 8.26. The van der Waals surface area contributed by atoms with Crippen molar-refractivity contribution in [2.75, 3.05) is 11.1 Å². The summed E-state index contributed by atoms with van der Waals surface area (Å²) in [6.45, 7) is 4.69. The van der Waals surface area contributed by atoms with Crippen LogP contribution in [0.2, 0.25) is 0 Å².